The minimum atomic E-state index is -1.02. The van der Waals surface area contributed by atoms with Crippen LogP contribution in [0, 0.1) is 10.1 Å². The van der Waals surface area contributed by atoms with Crippen LogP contribution in [0.15, 0.2) is 22.7 Å². The van der Waals surface area contributed by atoms with Gasteiger partial charge in [-0.15, -0.1) is 0 Å². The topological polar surface area (TPSA) is 101 Å². The average molecular weight is 300 g/mol. The molecule has 2 N–H and O–H groups in total. The third-order valence-corrected chi connectivity index (χ3v) is 2.77. The molecule has 0 spiro atoms. The van der Waals surface area contributed by atoms with Crippen LogP contribution in [0.25, 0.3) is 0 Å². The molecule has 0 saturated carbocycles. The van der Waals surface area contributed by atoms with E-state index in [1.807, 2.05) is 5.32 Å². The van der Waals surface area contributed by atoms with E-state index in [9.17, 15) is 19.7 Å². The molecular formula is C9H6BrN3O4. The summed E-state index contributed by atoms with van der Waals surface area (Å²) in [5.41, 5.74) is -0.0664. The van der Waals surface area contributed by atoms with Gasteiger partial charge in [-0.25, -0.2) is 4.79 Å². The molecule has 1 aromatic rings. The van der Waals surface area contributed by atoms with Gasteiger partial charge in [0.2, 0.25) is 0 Å². The summed E-state index contributed by atoms with van der Waals surface area (Å²) < 4.78 is 0.526. The molecule has 1 aliphatic rings. The number of amides is 3. The van der Waals surface area contributed by atoms with Crippen molar-refractivity contribution in [2.45, 2.75) is 6.04 Å². The molecule has 2 rings (SSSR count). The molecule has 1 fully saturated rings. The van der Waals surface area contributed by atoms with Crippen molar-refractivity contribution in [1.82, 2.24) is 10.6 Å². The van der Waals surface area contributed by atoms with E-state index in [1.54, 1.807) is 6.07 Å². The SMILES string of the molecule is O=C1NC(=O)C(c2ccc(Br)cc2[N+](=O)[O-])N1. The summed E-state index contributed by atoms with van der Waals surface area (Å²) in [5.74, 6) is -0.597. The Kier molecular flexibility index (Phi) is 2.80. The standard InChI is InChI=1S/C9H6BrN3O4/c10-4-1-2-5(6(3-4)13(16)17)7-8(14)12-9(15)11-7/h1-3,7H,(H2,11,12,14,15). The van der Waals surface area contributed by atoms with Gasteiger partial charge in [0.1, 0.15) is 6.04 Å². The molecule has 1 aromatic carbocycles. The van der Waals surface area contributed by atoms with Crippen LogP contribution in [0.4, 0.5) is 10.5 Å². The lowest BCUT2D eigenvalue weighted by atomic mass is 10.1. The van der Waals surface area contributed by atoms with Crippen LogP contribution in [0.3, 0.4) is 0 Å². The second-order valence-corrected chi connectivity index (χ2v) is 4.27. The lowest BCUT2D eigenvalue weighted by Gasteiger charge is -2.08. The van der Waals surface area contributed by atoms with Crippen molar-refractivity contribution in [3.05, 3.63) is 38.3 Å². The summed E-state index contributed by atoms with van der Waals surface area (Å²) in [5, 5.41) is 15.2. The quantitative estimate of drug-likeness (QED) is 0.487. The van der Waals surface area contributed by atoms with Gasteiger partial charge in [-0.1, -0.05) is 15.9 Å². The van der Waals surface area contributed by atoms with Crippen molar-refractivity contribution in [3.63, 3.8) is 0 Å². The van der Waals surface area contributed by atoms with E-state index in [0.29, 0.717) is 4.47 Å². The summed E-state index contributed by atoms with van der Waals surface area (Å²) >= 11 is 3.11. The van der Waals surface area contributed by atoms with E-state index >= 15 is 0 Å². The number of nitrogens with zero attached hydrogens (tertiary/aromatic N) is 1. The van der Waals surface area contributed by atoms with Gasteiger partial charge in [0.05, 0.1) is 10.5 Å². The number of nitrogens with one attached hydrogen (secondary N) is 2. The second kappa shape index (κ2) is 4.13. The van der Waals surface area contributed by atoms with E-state index in [-0.39, 0.29) is 11.3 Å². The summed E-state index contributed by atoms with van der Waals surface area (Å²) in [6, 6.07) is 2.61. The molecule has 7 nitrogen and oxygen atoms in total. The fourth-order valence-electron chi connectivity index (χ4n) is 1.55. The number of carbonyl (C=O) groups excluding carboxylic acids is 2. The normalized spacial score (nSPS) is 18.8. The Hall–Kier alpha value is -1.96. The van der Waals surface area contributed by atoms with Gasteiger partial charge in [0.15, 0.2) is 0 Å². The first kappa shape index (κ1) is 11.5. The fraction of sp³-hybridized carbons (Fsp3) is 0.111. The van der Waals surface area contributed by atoms with Gasteiger partial charge in [-0.2, -0.15) is 0 Å². The molecule has 1 heterocycles. The lowest BCUT2D eigenvalue weighted by Crippen LogP contribution is -2.22. The molecule has 0 aromatic heterocycles. The summed E-state index contributed by atoms with van der Waals surface area (Å²) in [7, 11) is 0. The minimum absolute atomic E-state index is 0.154. The fourth-order valence-corrected chi connectivity index (χ4v) is 1.90. The second-order valence-electron chi connectivity index (χ2n) is 3.36. The Bertz CT molecular complexity index is 531. The van der Waals surface area contributed by atoms with Crippen LogP contribution in [0.2, 0.25) is 0 Å². The van der Waals surface area contributed by atoms with E-state index in [2.05, 4.69) is 21.2 Å². The molecule has 1 atom stereocenters. The van der Waals surface area contributed by atoms with Gasteiger partial charge in [-0.05, 0) is 12.1 Å². The number of imide groups is 1. The lowest BCUT2D eigenvalue weighted by molar-refractivity contribution is -0.385. The Morgan fingerprint density at radius 1 is 1.35 bits per heavy atom. The van der Waals surface area contributed by atoms with Crippen molar-refractivity contribution in [3.8, 4) is 0 Å². The van der Waals surface area contributed by atoms with Crippen LogP contribution < -0.4 is 10.6 Å². The molecule has 1 saturated heterocycles. The van der Waals surface area contributed by atoms with Crippen molar-refractivity contribution in [2.75, 3.05) is 0 Å². The zero-order valence-corrected chi connectivity index (χ0v) is 9.85. The van der Waals surface area contributed by atoms with Gasteiger partial charge < -0.3 is 5.32 Å². The first-order valence-corrected chi connectivity index (χ1v) is 5.33. The van der Waals surface area contributed by atoms with Crippen LogP contribution in [-0.2, 0) is 4.79 Å². The zero-order valence-electron chi connectivity index (χ0n) is 8.27. The molecule has 8 heteroatoms. The number of rotatable bonds is 2. The van der Waals surface area contributed by atoms with Gasteiger partial charge in [0, 0.05) is 10.5 Å². The first-order valence-electron chi connectivity index (χ1n) is 4.54. The Labute approximate surface area is 103 Å². The summed E-state index contributed by atoms with van der Waals surface area (Å²) in [6.45, 7) is 0. The minimum Gasteiger partial charge on any atom is -0.322 e. The maximum absolute atomic E-state index is 11.4. The molecule has 1 aliphatic heterocycles. The van der Waals surface area contributed by atoms with Crippen molar-refractivity contribution in [1.29, 1.82) is 0 Å². The third-order valence-electron chi connectivity index (χ3n) is 2.27. The Morgan fingerprint density at radius 3 is 2.59 bits per heavy atom. The van der Waals surface area contributed by atoms with Gasteiger partial charge in [-0.3, -0.25) is 20.2 Å². The number of hydrogen-bond donors (Lipinski definition) is 2. The van der Waals surface area contributed by atoms with Crippen LogP contribution in [0.5, 0.6) is 0 Å². The number of carbonyl (C=O) groups is 2. The zero-order chi connectivity index (χ0) is 12.6. The predicted molar refractivity (Wildman–Crippen MR) is 60.2 cm³/mol. The van der Waals surface area contributed by atoms with Crippen molar-refractivity contribution in [2.24, 2.45) is 0 Å². The Morgan fingerprint density at radius 2 is 2.06 bits per heavy atom. The molecular weight excluding hydrogens is 294 g/mol. The van der Waals surface area contributed by atoms with Crippen molar-refractivity contribution < 1.29 is 14.5 Å². The van der Waals surface area contributed by atoms with Gasteiger partial charge in [0.25, 0.3) is 11.6 Å². The largest absolute Gasteiger partial charge is 0.322 e. The molecule has 3 amide bonds. The Balaban J connectivity index is 2.48. The number of halogens is 1. The average Bonchev–Trinajstić information content (AvgIpc) is 2.57. The predicted octanol–water partition coefficient (Wildman–Crippen LogP) is 1.24. The van der Waals surface area contributed by atoms with Crippen LogP contribution in [-0.4, -0.2) is 16.9 Å². The highest BCUT2D eigenvalue weighted by Crippen LogP contribution is 2.29. The monoisotopic (exact) mass is 299 g/mol. The van der Waals surface area contributed by atoms with Crippen LogP contribution in [0.1, 0.15) is 11.6 Å². The number of urea groups is 1. The van der Waals surface area contributed by atoms with E-state index in [1.165, 1.54) is 12.1 Å². The van der Waals surface area contributed by atoms with E-state index in [4.69, 9.17) is 0 Å². The van der Waals surface area contributed by atoms with E-state index in [0.717, 1.165) is 0 Å². The molecule has 1 unspecified atom stereocenters. The highest BCUT2D eigenvalue weighted by atomic mass is 79.9. The third kappa shape index (κ3) is 2.11. The number of nitro benzene ring substituents is 1. The highest BCUT2D eigenvalue weighted by molar-refractivity contribution is 9.10. The number of hydrogen-bond acceptors (Lipinski definition) is 4. The van der Waals surface area contributed by atoms with Crippen molar-refractivity contribution >= 4 is 33.6 Å². The maximum atomic E-state index is 11.4. The van der Waals surface area contributed by atoms with E-state index < -0.39 is 22.9 Å². The molecule has 0 radical (unpaired) electrons. The highest BCUT2D eigenvalue weighted by Gasteiger charge is 2.35. The smallest absolute Gasteiger partial charge is 0.322 e. The number of benzene rings is 1. The first-order chi connectivity index (χ1) is 7.99. The maximum Gasteiger partial charge on any atom is 0.322 e. The molecule has 0 bridgehead atoms. The number of nitro groups is 1. The van der Waals surface area contributed by atoms with Gasteiger partial charge >= 0.3 is 6.03 Å². The molecule has 88 valence electrons. The summed E-state index contributed by atoms with van der Waals surface area (Å²) in [4.78, 5) is 32.6. The molecule has 0 aliphatic carbocycles. The molecule has 17 heavy (non-hydrogen) atoms. The summed E-state index contributed by atoms with van der Waals surface area (Å²) in [6.07, 6.45) is 0. The van der Waals surface area contributed by atoms with Crippen LogP contribution >= 0.6 is 15.9 Å².